The van der Waals surface area contributed by atoms with Crippen molar-refractivity contribution >= 4 is 16.5 Å². The Balaban J connectivity index is 1.83. The molecule has 30 heavy (non-hydrogen) atoms. The Labute approximate surface area is 179 Å². The molecule has 0 radical (unpaired) electrons. The molecule has 0 aliphatic carbocycles. The molecular weight excluding hydrogens is 374 g/mol. The van der Waals surface area contributed by atoms with Gasteiger partial charge in [-0.05, 0) is 83.3 Å². The van der Waals surface area contributed by atoms with Crippen LogP contribution in [0.5, 0.6) is 5.75 Å². The molecule has 1 aromatic carbocycles. The molecule has 2 heterocycles. The van der Waals surface area contributed by atoms with E-state index in [1.54, 1.807) is 24.5 Å². The lowest BCUT2D eigenvalue weighted by Gasteiger charge is -2.55. The van der Waals surface area contributed by atoms with Gasteiger partial charge < -0.3 is 21.5 Å². The lowest BCUT2D eigenvalue weighted by atomic mass is 9.77. The molecule has 0 atom stereocenters. The van der Waals surface area contributed by atoms with Crippen LogP contribution >= 0.6 is 0 Å². The standard InChI is InChI=1S/C24H35N5O/c1-23(2)13-18(14-24(3,4)29(23)6)28(5)22(26)8-7-20(25)19-11-17-15-27-10-9-16(17)12-21(19)30/h7-12,15,18,30H,13-14,25-26H2,1-6H3/b20-7-,22-8+. The number of pyridine rings is 1. The zero-order chi connectivity index (χ0) is 22.3. The Morgan fingerprint density at radius 1 is 1.13 bits per heavy atom. The first-order valence-electron chi connectivity index (χ1n) is 10.4. The molecule has 1 aromatic heterocycles. The van der Waals surface area contributed by atoms with Crippen molar-refractivity contribution in [2.75, 3.05) is 14.1 Å². The largest absolute Gasteiger partial charge is 0.507 e. The molecule has 5 N–H and O–H groups in total. The van der Waals surface area contributed by atoms with Gasteiger partial charge in [0.25, 0.3) is 0 Å². The molecule has 3 rings (SSSR count). The average Bonchev–Trinajstić information content (AvgIpc) is 2.68. The number of phenols is 1. The van der Waals surface area contributed by atoms with Crippen molar-refractivity contribution in [3.63, 3.8) is 0 Å². The predicted octanol–water partition coefficient (Wildman–Crippen LogP) is 3.62. The summed E-state index contributed by atoms with van der Waals surface area (Å²) >= 11 is 0. The smallest absolute Gasteiger partial charge is 0.125 e. The van der Waals surface area contributed by atoms with Gasteiger partial charge in [0, 0.05) is 53.2 Å². The van der Waals surface area contributed by atoms with Crippen LogP contribution in [0.15, 0.2) is 48.6 Å². The van der Waals surface area contributed by atoms with Gasteiger partial charge in [-0.15, -0.1) is 0 Å². The van der Waals surface area contributed by atoms with Gasteiger partial charge in [0.05, 0.1) is 5.82 Å². The fourth-order valence-electron chi connectivity index (χ4n) is 4.54. The van der Waals surface area contributed by atoms with Gasteiger partial charge in [-0.2, -0.15) is 0 Å². The predicted molar refractivity (Wildman–Crippen MR) is 125 cm³/mol. The summed E-state index contributed by atoms with van der Waals surface area (Å²) in [6.07, 6.45) is 9.08. The lowest BCUT2D eigenvalue weighted by Crippen LogP contribution is -2.62. The number of nitrogens with zero attached hydrogens (tertiary/aromatic N) is 3. The molecule has 1 fully saturated rings. The number of rotatable bonds is 4. The number of aromatic nitrogens is 1. The highest BCUT2D eigenvalue weighted by Crippen LogP contribution is 2.39. The minimum Gasteiger partial charge on any atom is -0.507 e. The van der Waals surface area contributed by atoms with Crippen molar-refractivity contribution in [2.45, 2.75) is 57.7 Å². The van der Waals surface area contributed by atoms with Crippen LogP contribution in [0.25, 0.3) is 16.5 Å². The summed E-state index contributed by atoms with van der Waals surface area (Å²) in [6.45, 7) is 9.13. The number of hydrogen-bond donors (Lipinski definition) is 3. The average molecular weight is 410 g/mol. The molecule has 0 spiro atoms. The molecule has 0 bridgehead atoms. The first kappa shape index (κ1) is 22.0. The van der Waals surface area contributed by atoms with Crippen LogP contribution in [0.1, 0.15) is 46.1 Å². The number of nitrogens with two attached hydrogens (primary N) is 2. The zero-order valence-electron chi connectivity index (χ0n) is 19.0. The molecule has 1 saturated heterocycles. The SMILES string of the molecule is CN(/C(N)=C/C=C(\N)c1cc2cnccc2cc1O)C1CC(C)(C)N(C)C(C)(C)C1. The molecule has 0 amide bonds. The summed E-state index contributed by atoms with van der Waals surface area (Å²) in [5.74, 6) is 0.794. The Bertz CT molecular complexity index is 974. The first-order chi connectivity index (χ1) is 13.9. The van der Waals surface area contributed by atoms with Crippen LogP contribution in [0.3, 0.4) is 0 Å². The molecular formula is C24H35N5O. The summed E-state index contributed by atoms with van der Waals surface area (Å²) in [7, 11) is 4.24. The maximum atomic E-state index is 10.4. The molecule has 162 valence electrons. The van der Waals surface area contributed by atoms with Crippen LogP contribution in [0, 0.1) is 0 Å². The third kappa shape index (κ3) is 4.24. The minimum atomic E-state index is 0.0841. The molecule has 2 aromatic rings. The normalized spacial score (nSPS) is 20.5. The number of likely N-dealkylation sites (tertiary alicyclic amines) is 1. The Hall–Kier alpha value is -2.73. The summed E-state index contributed by atoms with van der Waals surface area (Å²) in [5, 5.41) is 12.2. The van der Waals surface area contributed by atoms with Gasteiger partial charge >= 0.3 is 0 Å². The van der Waals surface area contributed by atoms with Crippen molar-refractivity contribution in [1.82, 2.24) is 14.8 Å². The van der Waals surface area contributed by atoms with Gasteiger partial charge in [-0.1, -0.05) is 0 Å². The van der Waals surface area contributed by atoms with Gasteiger partial charge in [0.1, 0.15) is 5.75 Å². The van der Waals surface area contributed by atoms with E-state index in [0.29, 0.717) is 23.1 Å². The van der Waals surface area contributed by atoms with Gasteiger partial charge in [0.15, 0.2) is 0 Å². The summed E-state index contributed by atoms with van der Waals surface area (Å²) in [4.78, 5) is 8.74. The van der Waals surface area contributed by atoms with Crippen molar-refractivity contribution in [3.8, 4) is 5.75 Å². The van der Waals surface area contributed by atoms with Crippen LogP contribution in [0.4, 0.5) is 0 Å². The van der Waals surface area contributed by atoms with E-state index in [1.165, 1.54) is 0 Å². The Morgan fingerprint density at radius 2 is 1.77 bits per heavy atom. The lowest BCUT2D eigenvalue weighted by molar-refractivity contribution is -0.0367. The first-order valence-corrected chi connectivity index (χ1v) is 10.4. The number of piperidine rings is 1. The monoisotopic (exact) mass is 409 g/mol. The van der Waals surface area contributed by atoms with Crippen molar-refractivity contribution < 1.29 is 5.11 Å². The van der Waals surface area contributed by atoms with Crippen molar-refractivity contribution in [3.05, 3.63) is 54.1 Å². The Morgan fingerprint density at radius 3 is 2.40 bits per heavy atom. The topological polar surface area (TPSA) is 91.6 Å². The van der Waals surface area contributed by atoms with Crippen molar-refractivity contribution in [1.29, 1.82) is 0 Å². The number of benzene rings is 1. The second-order valence-corrected chi connectivity index (χ2v) is 9.66. The van der Waals surface area contributed by atoms with E-state index in [2.05, 4.69) is 49.5 Å². The van der Waals surface area contributed by atoms with E-state index in [9.17, 15) is 5.11 Å². The number of aromatic hydroxyl groups is 1. The molecule has 1 aliphatic rings. The van der Waals surface area contributed by atoms with Gasteiger partial charge in [0.2, 0.25) is 0 Å². The van der Waals surface area contributed by atoms with Crippen LogP contribution in [-0.2, 0) is 0 Å². The third-order valence-corrected chi connectivity index (χ3v) is 6.74. The summed E-state index contributed by atoms with van der Waals surface area (Å²) < 4.78 is 0. The summed E-state index contributed by atoms with van der Waals surface area (Å²) in [5.41, 5.74) is 13.9. The minimum absolute atomic E-state index is 0.0841. The quantitative estimate of drug-likeness (QED) is 0.668. The molecule has 0 saturated carbocycles. The van der Waals surface area contributed by atoms with Crippen molar-refractivity contribution in [2.24, 2.45) is 11.5 Å². The van der Waals surface area contributed by atoms with E-state index in [-0.39, 0.29) is 16.8 Å². The number of fused-ring (bicyclic) bond motifs is 1. The second-order valence-electron chi connectivity index (χ2n) is 9.66. The maximum Gasteiger partial charge on any atom is 0.125 e. The third-order valence-electron chi connectivity index (χ3n) is 6.74. The highest BCUT2D eigenvalue weighted by atomic mass is 16.3. The molecule has 0 unspecified atom stereocenters. The van der Waals surface area contributed by atoms with E-state index >= 15 is 0 Å². The van der Waals surface area contributed by atoms with Gasteiger partial charge in [-0.25, -0.2) is 0 Å². The number of phenolic OH excluding ortho intramolecular Hbond substituents is 1. The van der Waals surface area contributed by atoms with Crippen LogP contribution < -0.4 is 11.5 Å². The highest BCUT2D eigenvalue weighted by Gasteiger charge is 2.44. The second kappa shape index (κ2) is 7.84. The number of allylic oxidation sites excluding steroid dienone is 2. The van der Waals surface area contributed by atoms with E-state index in [1.807, 2.05) is 25.3 Å². The molecule has 6 heteroatoms. The van der Waals surface area contributed by atoms with E-state index in [0.717, 1.165) is 23.6 Å². The zero-order valence-corrected chi connectivity index (χ0v) is 19.0. The fraction of sp³-hybridized carbons (Fsp3) is 0.458. The van der Waals surface area contributed by atoms with Gasteiger partial charge in [-0.3, -0.25) is 9.88 Å². The van der Waals surface area contributed by atoms with E-state index < -0.39 is 0 Å². The highest BCUT2D eigenvalue weighted by molar-refractivity contribution is 5.88. The van der Waals surface area contributed by atoms with Crippen LogP contribution in [0.2, 0.25) is 0 Å². The summed E-state index contributed by atoms with van der Waals surface area (Å²) in [6, 6.07) is 5.74. The fourth-order valence-corrected chi connectivity index (χ4v) is 4.54. The molecule has 6 nitrogen and oxygen atoms in total. The maximum absolute atomic E-state index is 10.4. The molecule has 1 aliphatic heterocycles. The number of hydrogen-bond acceptors (Lipinski definition) is 6. The van der Waals surface area contributed by atoms with Crippen LogP contribution in [-0.4, -0.2) is 51.1 Å². The van der Waals surface area contributed by atoms with E-state index in [4.69, 9.17) is 11.5 Å². The Kier molecular flexibility index (Phi) is 5.74.